The number of nitrogens with one attached hydrogen (secondary N) is 2. The van der Waals surface area contributed by atoms with Gasteiger partial charge in [-0.15, -0.1) is 0 Å². The monoisotopic (exact) mass is 479 g/mol. The van der Waals surface area contributed by atoms with Crippen LogP contribution in [0.1, 0.15) is 58.7 Å². The summed E-state index contributed by atoms with van der Waals surface area (Å²) in [5.74, 6) is 1.41. The summed E-state index contributed by atoms with van der Waals surface area (Å²) in [6.45, 7) is 6.31. The van der Waals surface area contributed by atoms with Gasteiger partial charge in [-0.25, -0.2) is 9.97 Å². The molecule has 0 bridgehead atoms. The fraction of sp³-hybridized carbons (Fsp3) is 0.462. The highest BCUT2D eigenvalue weighted by Gasteiger charge is 2.33. The number of rotatable bonds is 5. The third-order valence-electron chi connectivity index (χ3n) is 7.20. The molecule has 2 N–H and O–H groups in total. The van der Waals surface area contributed by atoms with Gasteiger partial charge < -0.3 is 15.2 Å². The molecular weight excluding hydrogens is 450 g/mol. The Morgan fingerprint density at radius 3 is 2.85 bits per heavy atom. The Morgan fingerprint density at radius 2 is 2.06 bits per heavy atom. The molecule has 7 nitrogen and oxygen atoms in total. The van der Waals surface area contributed by atoms with Gasteiger partial charge in [-0.05, 0) is 63.3 Å². The molecule has 1 aromatic carbocycles. The molecule has 2 aromatic heterocycles. The Hall–Kier alpha value is -2.93. The number of anilines is 1. The minimum atomic E-state index is -0.143. The van der Waals surface area contributed by atoms with Crippen molar-refractivity contribution in [1.29, 1.82) is 0 Å². The summed E-state index contributed by atoms with van der Waals surface area (Å²) < 4.78 is 2.33. The number of benzene rings is 1. The lowest BCUT2D eigenvalue weighted by Crippen LogP contribution is -2.33. The number of fused-ring (bicyclic) bond motifs is 3. The number of carbonyl (C=O) groups is 2. The lowest BCUT2D eigenvalue weighted by Gasteiger charge is -2.22. The van der Waals surface area contributed by atoms with Crippen LogP contribution in [0.4, 0.5) is 5.82 Å². The van der Waals surface area contributed by atoms with E-state index in [0.29, 0.717) is 23.7 Å². The minimum absolute atomic E-state index is 0.0271. The van der Waals surface area contributed by atoms with E-state index < -0.39 is 0 Å². The number of nitrogens with zero attached hydrogens (tertiary/aromatic N) is 3. The smallest absolute Gasteiger partial charge is 0.228 e. The van der Waals surface area contributed by atoms with Crippen LogP contribution in [0, 0.1) is 5.92 Å². The molecule has 1 fully saturated rings. The second-order valence-electron chi connectivity index (χ2n) is 10.0. The maximum atomic E-state index is 12.9. The van der Waals surface area contributed by atoms with E-state index in [1.54, 1.807) is 6.20 Å². The van der Waals surface area contributed by atoms with Gasteiger partial charge >= 0.3 is 0 Å². The highest BCUT2D eigenvalue weighted by molar-refractivity contribution is 6.33. The summed E-state index contributed by atoms with van der Waals surface area (Å²) in [6.07, 6.45) is 6.31. The lowest BCUT2D eigenvalue weighted by molar-refractivity contribution is -0.122. The largest absolute Gasteiger partial charge is 0.353 e. The van der Waals surface area contributed by atoms with Gasteiger partial charge in [0.05, 0.1) is 16.1 Å². The van der Waals surface area contributed by atoms with Crippen LogP contribution in [0.15, 0.2) is 30.5 Å². The van der Waals surface area contributed by atoms with Gasteiger partial charge in [-0.1, -0.05) is 24.6 Å². The fourth-order valence-electron chi connectivity index (χ4n) is 5.30. The van der Waals surface area contributed by atoms with Crippen LogP contribution in [0.3, 0.4) is 0 Å². The topological polar surface area (TPSA) is 88.9 Å². The average Bonchev–Trinajstić information content (AvgIpc) is 3.50. The first-order valence-electron chi connectivity index (χ1n) is 12.0. The highest BCUT2D eigenvalue weighted by atomic mass is 35.5. The summed E-state index contributed by atoms with van der Waals surface area (Å²) in [7, 11) is 0. The first-order chi connectivity index (χ1) is 16.2. The second-order valence-corrected chi connectivity index (χ2v) is 10.5. The number of hydrogen-bond acceptors (Lipinski definition) is 4. The Kier molecular flexibility index (Phi) is 5.84. The van der Waals surface area contributed by atoms with E-state index in [1.165, 1.54) is 0 Å². The van der Waals surface area contributed by atoms with Crippen LogP contribution in [0.2, 0.25) is 5.02 Å². The predicted octanol–water partition coefficient (Wildman–Crippen LogP) is 5.07. The molecule has 8 heteroatoms. The van der Waals surface area contributed by atoms with Crippen LogP contribution < -0.4 is 10.6 Å². The van der Waals surface area contributed by atoms with E-state index >= 15 is 0 Å². The average molecular weight is 480 g/mol. The molecule has 34 heavy (non-hydrogen) atoms. The summed E-state index contributed by atoms with van der Waals surface area (Å²) in [6, 6.07) is 8.07. The van der Waals surface area contributed by atoms with E-state index in [1.807, 2.05) is 25.1 Å². The maximum Gasteiger partial charge on any atom is 0.228 e. The molecule has 5 rings (SSSR count). The molecule has 1 aliphatic heterocycles. The van der Waals surface area contributed by atoms with Gasteiger partial charge in [0.2, 0.25) is 11.8 Å². The Labute approximate surface area is 204 Å². The van der Waals surface area contributed by atoms with Crippen molar-refractivity contribution in [1.82, 2.24) is 19.9 Å². The number of pyridine rings is 1. The van der Waals surface area contributed by atoms with Gasteiger partial charge in [0, 0.05) is 42.1 Å². The van der Waals surface area contributed by atoms with Crippen LogP contribution in [-0.2, 0) is 21.5 Å². The molecule has 2 unspecified atom stereocenters. The van der Waals surface area contributed by atoms with Gasteiger partial charge in [-0.2, -0.15) is 0 Å². The van der Waals surface area contributed by atoms with Crippen molar-refractivity contribution >= 4 is 40.3 Å². The summed E-state index contributed by atoms with van der Waals surface area (Å²) in [5.41, 5.74) is 3.89. The molecular formula is C26H30ClN5O2. The minimum Gasteiger partial charge on any atom is -0.353 e. The third kappa shape index (κ3) is 4.17. The normalized spacial score (nSPS) is 20.9. The highest BCUT2D eigenvalue weighted by Crippen LogP contribution is 2.38. The number of halogens is 1. The van der Waals surface area contributed by atoms with Crippen molar-refractivity contribution in [2.45, 2.75) is 70.9 Å². The van der Waals surface area contributed by atoms with Crippen molar-refractivity contribution in [2.24, 2.45) is 5.92 Å². The number of amides is 2. The van der Waals surface area contributed by atoms with Crippen molar-refractivity contribution in [3.8, 4) is 11.1 Å². The zero-order valence-corrected chi connectivity index (χ0v) is 20.6. The van der Waals surface area contributed by atoms with E-state index in [-0.39, 0.29) is 29.3 Å². The van der Waals surface area contributed by atoms with E-state index in [9.17, 15) is 9.59 Å². The summed E-state index contributed by atoms with van der Waals surface area (Å²) in [4.78, 5) is 33.7. The third-order valence-corrected chi connectivity index (χ3v) is 7.50. The van der Waals surface area contributed by atoms with E-state index in [4.69, 9.17) is 16.6 Å². The van der Waals surface area contributed by atoms with Gasteiger partial charge in [0.1, 0.15) is 11.6 Å². The summed E-state index contributed by atoms with van der Waals surface area (Å²) >= 11 is 6.54. The Balaban J connectivity index is 1.37. The van der Waals surface area contributed by atoms with E-state index in [2.05, 4.69) is 40.1 Å². The van der Waals surface area contributed by atoms with Crippen molar-refractivity contribution < 1.29 is 9.59 Å². The van der Waals surface area contributed by atoms with Crippen LogP contribution in [0.5, 0.6) is 0 Å². The second kappa shape index (κ2) is 8.69. The molecule has 3 heterocycles. The Morgan fingerprint density at radius 1 is 1.24 bits per heavy atom. The van der Waals surface area contributed by atoms with Crippen LogP contribution >= 0.6 is 11.6 Å². The molecule has 178 valence electrons. The number of carbonyl (C=O) groups excluding carboxylic acids is 2. The molecule has 1 aliphatic carbocycles. The number of aryl methyl sites for hydroxylation is 1. The quantitative estimate of drug-likeness (QED) is 0.535. The van der Waals surface area contributed by atoms with E-state index in [0.717, 1.165) is 53.7 Å². The Bertz CT molecular complexity index is 1280. The number of aromatic nitrogens is 3. The summed E-state index contributed by atoms with van der Waals surface area (Å²) in [5, 5.41) is 6.48. The molecule has 2 aliphatic rings. The fourth-order valence-corrected chi connectivity index (χ4v) is 5.51. The molecule has 0 saturated heterocycles. The lowest BCUT2D eigenvalue weighted by atomic mass is 10.0. The van der Waals surface area contributed by atoms with Gasteiger partial charge in [0.15, 0.2) is 0 Å². The standard InChI is InChI=1S/C26H30ClN5O2/c1-4-24(33)29-17-7-5-16(11-17)25(34)31-22-13-18(19(27)14-28-22)15-6-8-20-21(12-15)32-23(30-20)9-10-26(32,2)3/h6,8,12-14,16-17H,4-5,7,9-11H2,1-3H3,(H,29,33)(H,28,31,34). The van der Waals surface area contributed by atoms with Gasteiger partial charge in [-0.3, -0.25) is 9.59 Å². The maximum absolute atomic E-state index is 12.9. The molecule has 3 aromatic rings. The van der Waals surface area contributed by atoms with Gasteiger partial charge in [0.25, 0.3) is 0 Å². The molecule has 0 radical (unpaired) electrons. The zero-order chi connectivity index (χ0) is 24.0. The van der Waals surface area contributed by atoms with Crippen molar-refractivity contribution in [3.63, 3.8) is 0 Å². The SMILES string of the molecule is CCC(=O)NC1CCC(C(=O)Nc2cc(-c3ccc4nc5n(c4c3)C(C)(C)CC5)c(Cl)cn2)C1. The molecule has 2 amide bonds. The van der Waals surface area contributed by atoms with Crippen LogP contribution in [-0.4, -0.2) is 32.4 Å². The molecule has 1 saturated carbocycles. The molecule has 0 spiro atoms. The zero-order valence-electron chi connectivity index (χ0n) is 19.8. The first kappa shape index (κ1) is 22.8. The van der Waals surface area contributed by atoms with Crippen molar-refractivity contribution in [3.05, 3.63) is 41.3 Å². The molecule has 2 atom stereocenters. The number of imidazole rings is 1. The predicted molar refractivity (Wildman–Crippen MR) is 134 cm³/mol. The first-order valence-corrected chi connectivity index (χ1v) is 12.4. The van der Waals surface area contributed by atoms with Crippen molar-refractivity contribution in [2.75, 3.05) is 5.32 Å². The number of hydrogen-bond donors (Lipinski definition) is 2. The van der Waals surface area contributed by atoms with Crippen LogP contribution in [0.25, 0.3) is 22.2 Å².